The van der Waals surface area contributed by atoms with Crippen molar-refractivity contribution in [2.24, 2.45) is 0 Å². The smallest absolute Gasteiger partial charge is 0.335 e. The van der Waals surface area contributed by atoms with E-state index in [9.17, 15) is 19.2 Å². The summed E-state index contributed by atoms with van der Waals surface area (Å²) < 4.78 is 1.42. The average Bonchev–Trinajstić information content (AvgIpc) is 3.49. The molecule has 4 rings (SSSR count). The highest BCUT2D eigenvalue weighted by atomic mass is 35.5. The zero-order valence-electron chi connectivity index (χ0n) is 22.2. The molecule has 3 aromatic rings. The molecule has 1 saturated heterocycles. The molecule has 1 aromatic heterocycles. The maximum Gasteiger partial charge on any atom is 0.335 e. The monoisotopic (exact) mass is 580 g/mol. The minimum atomic E-state index is -1.09. The van der Waals surface area contributed by atoms with E-state index in [4.69, 9.17) is 16.7 Å². The Morgan fingerprint density at radius 3 is 2.46 bits per heavy atom. The number of tetrazole rings is 1. The molecule has 1 aliphatic heterocycles. The van der Waals surface area contributed by atoms with Gasteiger partial charge in [-0.3, -0.25) is 14.4 Å². The summed E-state index contributed by atoms with van der Waals surface area (Å²) in [5, 5.41) is 26.0. The van der Waals surface area contributed by atoms with Gasteiger partial charge < -0.3 is 25.5 Å². The molecule has 0 unspecified atom stereocenters. The summed E-state index contributed by atoms with van der Waals surface area (Å²) in [7, 11) is 1.99. The molecule has 2 aromatic carbocycles. The molecule has 0 spiro atoms. The minimum absolute atomic E-state index is 0.0570. The van der Waals surface area contributed by atoms with Gasteiger partial charge in [0.2, 0.25) is 17.7 Å². The van der Waals surface area contributed by atoms with Gasteiger partial charge in [0.1, 0.15) is 12.4 Å². The Morgan fingerprint density at radius 2 is 1.80 bits per heavy atom. The van der Waals surface area contributed by atoms with Crippen LogP contribution in [0.2, 0.25) is 5.02 Å². The quantitative estimate of drug-likeness (QED) is 0.303. The molecule has 0 bridgehead atoms. The number of aromatic nitrogens is 4. The second-order valence-electron chi connectivity index (χ2n) is 9.45. The number of anilines is 1. The minimum Gasteiger partial charge on any atom is -0.478 e. The molecule has 2 heterocycles. The van der Waals surface area contributed by atoms with Gasteiger partial charge in [-0.1, -0.05) is 11.6 Å². The normalized spacial score (nSPS) is 14.5. The van der Waals surface area contributed by atoms with Crippen molar-refractivity contribution in [3.63, 3.8) is 0 Å². The number of nitrogens with one attached hydrogen (secondary N) is 2. The molecular formula is C27H29ClN8O5. The highest BCUT2D eigenvalue weighted by Gasteiger charge is 2.24. The summed E-state index contributed by atoms with van der Waals surface area (Å²) in [5.74, 6) is -2.30. The van der Waals surface area contributed by atoms with Crippen LogP contribution < -0.4 is 10.6 Å². The number of carboxylic acid groups (broad SMARTS) is 1. The number of nitrogens with zero attached hydrogens (tertiary/aromatic N) is 6. The van der Waals surface area contributed by atoms with Gasteiger partial charge in [0.25, 0.3) is 0 Å². The number of rotatable bonds is 10. The number of likely N-dealkylation sites (N-methyl/N-ethyl adjacent to an activating group) is 1. The van der Waals surface area contributed by atoms with Crippen LogP contribution in [0.3, 0.4) is 0 Å². The first kappa shape index (κ1) is 29.4. The van der Waals surface area contributed by atoms with Crippen molar-refractivity contribution in [2.45, 2.75) is 18.9 Å². The molecule has 3 N–H and O–H groups in total. The standard InChI is InChI=1S/C27H29ClN8O5/c1-34-12-14-35(15-13-34)25(38)11-8-22(26(39)30-21-6-2-18(3-7-21)27(40)41)31-24(37)10-4-19-16-20(28)5-9-23(19)36-17-29-32-33-36/h2-7,9-10,16-17,22H,8,11-15H2,1H3,(H,30,39)(H,31,37)(H,40,41)/b10-4+/t22-/m0/s1. The van der Waals surface area contributed by atoms with E-state index < -0.39 is 23.8 Å². The Kier molecular flexibility index (Phi) is 9.77. The predicted octanol–water partition coefficient (Wildman–Crippen LogP) is 1.70. The Balaban J connectivity index is 1.47. The largest absolute Gasteiger partial charge is 0.478 e. The van der Waals surface area contributed by atoms with Gasteiger partial charge in [0, 0.05) is 54.9 Å². The number of hydrogen-bond acceptors (Lipinski definition) is 8. The number of carbonyl (C=O) groups is 4. The highest BCUT2D eigenvalue weighted by Crippen LogP contribution is 2.20. The number of hydrogen-bond donors (Lipinski definition) is 3. The number of halogens is 1. The summed E-state index contributed by atoms with van der Waals surface area (Å²) in [6.45, 7) is 2.72. The van der Waals surface area contributed by atoms with E-state index in [0.717, 1.165) is 13.1 Å². The van der Waals surface area contributed by atoms with E-state index in [2.05, 4.69) is 31.1 Å². The second kappa shape index (κ2) is 13.6. The Hall–Kier alpha value is -4.62. The van der Waals surface area contributed by atoms with Crippen molar-refractivity contribution in [2.75, 3.05) is 38.5 Å². The third-order valence-electron chi connectivity index (χ3n) is 6.53. The number of piperazine rings is 1. The average molecular weight is 581 g/mol. The van der Waals surface area contributed by atoms with Gasteiger partial charge in [0.15, 0.2) is 0 Å². The van der Waals surface area contributed by atoms with E-state index in [1.54, 1.807) is 23.1 Å². The van der Waals surface area contributed by atoms with Crippen LogP contribution in [0.1, 0.15) is 28.8 Å². The number of carboxylic acids is 1. The molecule has 1 aliphatic rings. The molecule has 13 nitrogen and oxygen atoms in total. The van der Waals surface area contributed by atoms with Crippen molar-refractivity contribution >= 4 is 47.1 Å². The van der Waals surface area contributed by atoms with Crippen molar-refractivity contribution in [1.82, 2.24) is 35.3 Å². The van der Waals surface area contributed by atoms with Crippen LogP contribution >= 0.6 is 11.6 Å². The van der Waals surface area contributed by atoms with Gasteiger partial charge in [-0.25, -0.2) is 4.79 Å². The lowest BCUT2D eigenvalue weighted by molar-refractivity contribution is -0.133. The fourth-order valence-corrected chi connectivity index (χ4v) is 4.38. The first-order valence-corrected chi connectivity index (χ1v) is 13.2. The number of benzene rings is 2. The lowest BCUT2D eigenvalue weighted by Gasteiger charge is -2.32. The summed E-state index contributed by atoms with van der Waals surface area (Å²) in [5.41, 5.74) is 1.56. The van der Waals surface area contributed by atoms with Gasteiger partial charge in [-0.2, -0.15) is 4.68 Å². The van der Waals surface area contributed by atoms with Crippen molar-refractivity contribution < 1.29 is 24.3 Å². The zero-order valence-corrected chi connectivity index (χ0v) is 23.0. The lowest BCUT2D eigenvalue weighted by Crippen LogP contribution is -2.48. The molecule has 41 heavy (non-hydrogen) atoms. The zero-order chi connectivity index (χ0) is 29.4. The van der Waals surface area contributed by atoms with Crippen molar-refractivity contribution in [3.8, 4) is 5.69 Å². The van der Waals surface area contributed by atoms with E-state index >= 15 is 0 Å². The fraction of sp³-hybridized carbons (Fsp3) is 0.296. The van der Waals surface area contributed by atoms with Crippen LogP contribution in [-0.4, -0.2) is 98.1 Å². The molecular weight excluding hydrogens is 552 g/mol. The maximum atomic E-state index is 13.2. The second-order valence-corrected chi connectivity index (χ2v) is 9.88. The summed E-state index contributed by atoms with van der Waals surface area (Å²) in [6, 6.07) is 9.59. The third-order valence-corrected chi connectivity index (χ3v) is 6.77. The van der Waals surface area contributed by atoms with E-state index in [0.29, 0.717) is 35.1 Å². The van der Waals surface area contributed by atoms with Gasteiger partial charge >= 0.3 is 5.97 Å². The summed E-state index contributed by atoms with van der Waals surface area (Å²) >= 11 is 6.15. The van der Waals surface area contributed by atoms with E-state index in [1.807, 2.05) is 7.05 Å². The molecule has 0 saturated carbocycles. The van der Waals surface area contributed by atoms with E-state index in [-0.39, 0.29) is 24.3 Å². The maximum absolute atomic E-state index is 13.2. The predicted molar refractivity (Wildman–Crippen MR) is 150 cm³/mol. The first-order valence-electron chi connectivity index (χ1n) is 12.8. The molecule has 1 atom stereocenters. The van der Waals surface area contributed by atoms with Crippen LogP contribution in [0.25, 0.3) is 11.8 Å². The molecule has 0 radical (unpaired) electrons. The topological polar surface area (TPSA) is 163 Å². The van der Waals surface area contributed by atoms with Gasteiger partial charge in [-0.05, 0) is 72.4 Å². The van der Waals surface area contributed by atoms with Crippen LogP contribution in [0, 0.1) is 0 Å². The molecule has 1 fully saturated rings. The summed E-state index contributed by atoms with van der Waals surface area (Å²) in [4.78, 5) is 54.0. The number of amides is 3. The first-order chi connectivity index (χ1) is 19.7. The van der Waals surface area contributed by atoms with Crippen molar-refractivity contribution in [3.05, 3.63) is 71.0 Å². The molecule has 14 heteroatoms. The highest BCUT2D eigenvalue weighted by molar-refractivity contribution is 6.30. The third kappa shape index (κ3) is 8.19. The molecule has 0 aliphatic carbocycles. The molecule has 214 valence electrons. The number of aromatic carboxylic acids is 1. The summed E-state index contributed by atoms with van der Waals surface area (Å²) in [6.07, 6.45) is 4.30. The molecule has 3 amide bonds. The van der Waals surface area contributed by atoms with E-state index in [1.165, 1.54) is 47.4 Å². The SMILES string of the molecule is CN1CCN(C(=O)CC[C@H](NC(=O)/C=C/c2cc(Cl)ccc2-n2cnnn2)C(=O)Nc2ccc(C(=O)O)cc2)CC1. The fourth-order valence-electron chi connectivity index (χ4n) is 4.20. The van der Waals surface area contributed by atoms with Crippen LogP contribution in [0.15, 0.2) is 54.9 Å². The van der Waals surface area contributed by atoms with Crippen molar-refractivity contribution in [1.29, 1.82) is 0 Å². The Morgan fingerprint density at radius 1 is 1.07 bits per heavy atom. The van der Waals surface area contributed by atoms with Crippen LogP contribution in [-0.2, 0) is 14.4 Å². The Labute approximate surface area is 240 Å². The van der Waals surface area contributed by atoms with Gasteiger partial charge in [-0.15, -0.1) is 5.10 Å². The number of carbonyl (C=O) groups excluding carboxylic acids is 3. The van der Waals surface area contributed by atoms with Crippen LogP contribution in [0.4, 0.5) is 5.69 Å². The lowest BCUT2D eigenvalue weighted by atomic mass is 10.1. The van der Waals surface area contributed by atoms with Gasteiger partial charge in [0.05, 0.1) is 11.3 Å². The van der Waals surface area contributed by atoms with Crippen LogP contribution in [0.5, 0.6) is 0 Å². The Bertz CT molecular complexity index is 1420.